The number of hydrogen-bond acceptors (Lipinski definition) is 6. The van der Waals surface area contributed by atoms with E-state index in [1.54, 1.807) is 4.90 Å². The van der Waals surface area contributed by atoms with Gasteiger partial charge in [0.1, 0.15) is 12.7 Å². The molecular formula is C18H35N3O5S. The number of likely N-dealkylation sites (tertiary alicyclic amines) is 2. The zero-order valence-corrected chi connectivity index (χ0v) is 17.7. The number of hydrogen-bond donors (Lipinski definition) is 1. The molecule has 0 bridgehead atoms. The Kier molecular flexibility index (Phi) is 8.78. The first kappa shape index (κ1) is 22.4. The predicted octanol–water partition coefficient (Wildman–Crippen LogP) is 1.42. The molecule has 1 amide bonds. The van der Waals surface area contributed by atoms with Gasteiger partial charge in [-0.25, -0.2) is 17.9 Å². The molecule has 0 aliphatic carbocycles. The minimum Gasteiger partial charge on any atom is -0.447 e. The van der Waals surface area contributed by atoms with Crippen molar-refractivity contribution in [2.75, 3.05) is 45.6 Å². The Morgan fingerprint density at radius 3 is 2.30 bits per heavy atom. The van der Waals surface area contributed by atoms with Crippen molar-refractivity contribution in [1.82, 2.24) is 14.5 Å². The number of carbonyl (C=O) groups is 1. The molecule has 2 fully saturated rings. The third-order valence-corrected chi connectivity index (χ3v) is 5.75. The molecule has 0 unspecified atom stereocenters. The standard InChI is InChI=1S/C18H35N3O5S/c1-15(2)26-17(13-19-27(3,23)24)14-25-18(22)21-11-7-16(8-12-21)20-9-5-4-6-10-20/h15-17,19H,4-14H2,1-3H3/t17-/m0/s1. The lowest BCUT2D eigenvalue weighted by Gasteiger charge is -2.39. The highest BCUT2D eigenvalue weighted by atomic mass is 32.2. The molecule has 0 saturated carbocycles. The van der Waals surface area contributed by atoms with E-state index in [9.17, 15) is 13.2 Å². The van der Waals surface area contributed by atoms with Gasteiger partial charge in [-0.2, -0.15) is 0 Å². The van der Waals surface area contributed by atoms with Crippen LogP contribution in [-0.2, 0) is 19.5 Å². The van der Waals surface area contributed by atoms with Gasteiger partial charge in [0.25, 0.3) is 0 Å². The molecule has 0 aromatic rings. The van der Waals surface area contributed by atoms with E-state index in [4.69, 9.17) is 9.47 Å². The fraction of sp³-hybridized carbons (Fsp3) is 0.944. The molecule has 9 heteroatoms. The van der Waals surface area contributed by atoms with E-state index in [2.05, 4.69) is 9.62 Å². The molecule has 2 rings (SSSR count). The fourth-order valence-electron chi connectivity index (χ4n) is 3.73. The summed E-state index contributed by atoms with van der Waals surface area (Å²) in [5.41, 5.74) is 0. The van der Waals surface area contributed by atoms with Crippen molar-refractivity contribution in [3.8, 4) is 0 Å². The molecule has 1 N–H and O–H groups in total. The minimum atomic E-state index is -3.32. The van der Waals surface area contributed by atoms with Crippen LogP contribution in [-0.4, -0.2) is 88.1 Å². The molecule has 8 nitrogen and oxygen atoms in total. The average molecular weight is 406 g/mol. The maximum Gasteiger partial charge on any atom is 0.409 e. The number of ether oxygens (including phenoxy) is 2. The van der Waals surface area contributed by atoms with E-state index in [0.717, 1.165) is 19.1 Å². The number of nitrogens with zero attached hydrogens (tertiary/aromatic N) is 2. The maximum absolute atomic E-state index is 12.4. The lowest BCUT2D eigenvalue weighted by atomic mass is 10.0. The normalized spacial score (nSPS) is 21.4. The topological polar surface area (TPSA) is 88.2 Å². The summed E-state index contributed by atoms with van der Waals surface area (Å²) in [7, 11) is -3.32. The fourth-order valence-corrected chi connectivity index (χ4v) is 4.22. The highest BCUT2D eigenvalue weighted by Gasteiger charge is 2.28. The monoisotopic (exact) mass is 405 g/mol. The van der Waals surface area contributed by atoms with Crippen molar-refractivity contribution in [3.63, 3.8) is 0 Å². The smallest absolute Gasteiger partial charge is 0.409 e. The minimum absolute atomic E-state index is 0.0333. The molecule has 1 atom stereocenters. The molecule has 0 radical (unpaired) electrons. The van der Waals surface area contributed by atoms with Gasteiger partial charge in [-0.3, -0.25) is 0 Å². The Morgan fingerprint density at radius 2 is 1.74 bits per heavy atom. The molecule has 0 spiro atoms. The SMILES string of the molecule is CC(C)O[C@@H](CNS(C)(=O)=O)COC(=O)N1CCC(N2CCCCC2)CC1. The first-order valence-corrected chi connectivity index (χ1v) is 11.9. The van der Waals surface area contributed by atoms with Crippen molar-refractivity contribution in [2.24, 2.45) is 0 Å². The summed E-state index contributed by atoms with van der Waals surface area (Å²) in [4.78, 5) is 16.7. The number of piperidine rings is 2. The number of sulfonamides is 1. The van der Waals surface area contributed by atoms with Gasteiger partial charge in [0.2, 0.25) is 10.0 Å². The van der Waals surface area contributed by atoms with Crippen LogP contribution in [0.3, 0.4) is 0 Å². The molecular weight excluding hydrogens is 370 g/mol. The van der Waals surface area contributed by atoms with E-state index in [1.165, 1.54) is 32.4 Å². The third kappa shape index (κ3) is 8.33. The zero-order chi connectivity index (χ0) is 19.9. The van der Waals surface area contributed by atoms with E-state index in [0.29, 0.717) is 19.1 Å². The van der Waals surface area contributed by atoms with Crippen molar-refractivity contribution in [2.45, 2.75) is 64.2 Å². The first-order chi connectivity index (χ1) is 12.7. The molecule has 27 heavy (non-hydrogen) atoms. The second-order valence-corrected chi connectivity index (χ2v) is 9.65. The van der Waals surface area contributed by atoms with Crippen LogP contribution < -0.4 is 4.72 Å². The molecule has 0 aromatic heterocycles. The Bertz CT molecular complexity index is 555. The molecule has 2 heterocycles. The van der Waals surface area contributed by atoms with E-state index in [-0.39, 0.29) is 25.3 Å². The van der Waals surface area contributed by atoms with Crippen molar-refractivity contribution < 1.29 is 22.7 Å². The Morgan fingerprint density at radius 1 is 1.11 bits per heavy atom. The van der Waals surface area contributed by atoms with Crippen LogP contribution in [0.4, 0.5) is 4.79 Å². The third-order valence-electron chi connectivity index (χ3n) is 5.06. The van der Waals surface area contributed by atoms with Gasteiger partial charge in [0.05, 0.1) is 12.4 Å². The summed E-state index contributed by atoms with van der Waals surface area (Å²) in [6.07, 6.45) is 6.01. The summed E-state index contributed by atoms with van der Waals surface area (Å²) >= 11 is 0. The Balaban J connectivity index is 1.74. The van der Waals surface area contributed by atoms with Gasteiger partial charge >= 0.3 is 6.09 Å². The quantitative estimate of drug-likeness (QED) is 0.657. The summed E-state index contributed by atoms with van der Waals surface area (Å²) in [6, 6.07) is 0.574. The number of rotatable bonds is 8. The molecule has 0 aromatic carbocycles. The highest BCUT2D eigenvalue weighted by Crippen LogP contribution is 2.21. The van der Waals surface area contributed by atoms with Gasteiger partial charge in [-0.1, -0.05) is 6.42 Å². The number of amides is 1. The lowest BCUT2D eigenvalue weighted by molar-refractivity contribution is -0.0309. The van der Waals surface area contributed by atoms with Crippen molar-refractivity contribution >= 4 is 16.1 Å². The summed E-state index contributed by atoms with van der Waals surface area (Å²) in [5.74, 6) is 0. The molecule has 2 saturated heterocycles. The second kappa shape index (κ2) is 10.6. The van der Waals surface area contributed by atoms with Crippen LogP contribution in [0, 0.1) is 0 Å². The largest absolute Gasteiger partial charge is 0.447 e. The van der Waals surface area contributed by atoms with Crippen LogP contribution in [0.2, 0.25) is 0 Å². The Hall–Kier alpha value is -0.900. The van der Waals surface area contributed by atoms with E-state index in [1.807, 2.05) is 13.8 Å². The van der Waals surface area contributed by atoms with Crippen LogP contribution in [0.25, 0.3) is 0 Å². The van der Waals surface area contributed by atoms with Crippen LogP contribution in [0.15, 0.2) is 0 Å². The predicted molar refractivity (Wildman–Crippen MR) is 104 cm³/mol. The van der Waals surface area contributed by atoms with Crippen LogP contribution >= 0.6 is 0 Å². The van der Waals surface area contributed by atoms with E-state index >= 15 is 0 Å². The maximum atomic E-state index is 12.4. The molecule has 158 valence electrons. The summed E-state index contributed by atoms with van der Waals surface area (Å²) in [6.45, 7) is 7.61. The van der Waals surface area contributed by atoms with Crippen LogP contribution in [0.5, 0.6) is 0 Å². The van der Waals surface area contributed by atoms with Gasteiger partial charge < -0.3 is 19.3 Å². The second-order valence-electron chi connectivity index (χ2n) is 7.82. The number of carbonyl (C=O) groups excluding carboxylic acids is 1. The van der Waals surface area contributed by atoms with Gasteiger partial charge in [0, 0.05) is 25.7 Å². The highest BCUT2D eigenvalue weighted by molar-refractivity contribution is 7.88. The van der Waals surface area contributed by atoms with Crippen molar-refractivity contribution in [1.29, 1.82) is 0 Å². The summed E-state index contributed by atoms with van der Waals surface area (Å²) in [5, 5.41) is 0. The zero-order valence-electron chi connectivity index (χ0n) is 16.9. The molecule has 2 aliphatic rings. The first-order valence-electron chi connectivity index (χ1n) is 10.0. The van der Waals surface area contributed by atoms with Gasteiger partial charge in [-0.05, 0) is 52.6 Å². The lowest BCUT2D eigenvalue weighted by Crippen LogP contribution is -2.48. The van der Waals surface area contributed by atoms with Gasteiger partial charge in [-0.15, -0.1) is 0 Å². The van der Waals surface area contributed by atoms with Gasteiger partial charge in [0.15, 0.2) is 0 Å². The van der Waals surface area contributed by atoms with Crippen LogP contribution in [0.1, 0.15) is 46.0 Å². The average Bonchev–Trinajstić information content (AvgIpc) is 2.63. The number of nitrogens with one attached hydrogen (secondary N) is 1. The molecule has 2 aliphatic heterocycles. The Labute approximate surface area is 163 Å². The summed E-state index contributed by atoms with van der Waals surface area (Å²) < 4.78 is 36.0. The van der Waals surface area contributed by atoms with E-state index < -0.39 is 16.1 Å². The van der Waals surface area contributed by atoms with Crippen molar-refractivity contribution in [3.05, 3.63) is 0 Å².